The van der Waals surface area contributed by atoms with Crippen LogP contribution >= 0.6 is 11.6 Å². The average Bonchev–Trinajstić information content (AvgIpc) is 2.35. The number of phenolic OH excluding ortho intramolecular Hbond substituents is 1. The van der Waals surface area contributed by atoms with Crippen molar-refractivity contribution in [2.45, 2.75) is 37.1 Å². The van der Waals surface area contributed by atoms with E-state index in [0.29, 0.717) is 0 Å². The van der Waals surface area contributed by atoms with Crippen molar-refractivity contribution in [3.8, 4) is 5.75 Å². The third kappa shape index (κ3) is 2.93. The van der Waals surface area contributed by atoms with Crippen molar-refractivity contribution < 1.29 is 14.3 Å². The number of rotatable bonds is 2. The van der Waals surface area contributed by atoms with Gasteiger partial charge in [-0.2, -0.15) is 0 Å². The van der Waals surface area contributed by atoms with Gasteiger partial charge >= 0.3 is 0 Å². The highest BCUT2D eigenvalue weighted by atomic mass is 35.5. The molecule has 0 heterocycles. The first-order chi connectivity index (χ1) is 8.58. The van der Waals surface area contributed by atoms with E-state index in [1.165, 1.54) is 6.07 Å². The summed E-state index contributed by atoms with van der Waals surface area (Å²) in [4.78, 5) is 11.9. The molecule has 1 aliphatic rings. The molecule has 0 aromatic heterocycles. The molecule has 2 atom stereocenters. The fraction of sp³-hybridized carbons (Fsp3) is 0.462. The molecular formula is C13H15ClFNO2. The van der Waals surface area contributed by atoms with Crippen LogP contribution in [-0.2, 0) is 0 Å². The summed E-state index contributed by atoms with van der Waals surface area (Å²) >= 11 is 6.13. The summed E-state index contributed by atoms with van der Waals surface area (Å²) in [6.45, 7) is 0. The second-order valence-electron chi connectivity index (χ2n) is 4.54. The van der Waals surface area contributed by atoms with Gasteiger partial charge in [0.25, 0.3) is 5.91 Å². The second kappa shape index (κ2) is 5.57. The largest absolute Gasteiger partial charge is 0.507 e. The molecule has 18 heavy (non-hydrogen) atoms. The van der Waals surface area contributed by atoms with Crippen LogP contribution in [0.5, 0.6) is 5.75 Å². The highest BCUT2D eigenvalue weighted by Gasteiger charge is 2.25. The van der Waals surface area contributed by atoms with Crippen LogP contribution in [0, 0.1) is 5.82 Å². The minimum absolute atomic E-state index is 0.0514. The van der Waals surface area contributed by atoms with E-state index in [-0.39, 0.29) is 22.7 Å². The first-order valence-corrected chi connectivity index (χ1v) is 6.45. The monoisotopic (exact) mass is 271 g/mol. The van der Waals surface area contributed by atoms with Gasteiger partial charge in [-0.25, -0.2) is 4.39 Å². The highest BCUT2D eigenvalue weighted by molar-refractivity contribution is 6.21. The summed E-state index contributed by atoms with van der Waals surface area (Å²) in [7, 11) is 0. The number of carbonyl (C=O) groups excluding carboxylic acids is 1. The van der Waals surface area contributed by atoms with Crippen LogP contribution < -0.4 is 5.32 Å². The Morgan fingerprint density at radius 3 is 2.83 bits per heavy atom. The molecule has 1 amide bonds. The standard InChI is InChI=1S/C13H15ClFNO2/c14-10-3-1-2-4-11(10)16-13(18)9-7-8(15)5-6-12(9)17/h5-7,10-11,17H,1-4H2,(H,16,18). The number of aromatic hydroxyl groups is 1. The van der Waals surface area contributed by atoms with Gasteiger partial charge in [0.2, 0.25) is 0 Å². The number of amides is 1. The van der Waals surface area contributed by atoms with E-state index < -0.39 is 11.7 Å². The molecule has 0 aliphatic heterocycles. The van der Waals surface area contributed by atoms with Crippen LogP contribution in [0.15, 0.2) is 18.2 Å². The number of benzene rings is 1. The lowest BCUT2D eigenvalue weighted by atomic mass is 9.94. The van der Waals surface area contributed by atoms with E-state index in [1.807, 2.05) is 0 Å². The summed E-state index contributed by atoms with van der Waals surface area (Å²) in [5.41, 5.74) is -0.0514. The maximum absolute atomic E-state index is 13.0. The Labute approximate surface area is 110 Å². The minimum atomic E-state index is -0.552. The number of alkyl halides is 1. The van der Waals surface area contributed by atoms with Crippen molar-refractivity contribution in [2.75, 3.05) is 0 Å². The van der Waals surface area contributed by atoms with E-state index >= 15 is 0 Å². The topological polar surface area (TPSA) is 49.3 Å². The fourth-order valence-electron chi connectivity index (χ4n) is 2.18. The summed E-state index contributed by atoms with van der Waals surface area (Å²) < 4.78 is 13.0. The zero-order valence-electron chi connectivity index (χ0n) is 9.83. The lowest BCUT2D eigenvalue weighted by Gasteiger charge is -2.27. The Bertz CT molecular complexity index is 453. The number of halogens is 2. The fourth-order valence-corrected chi connectivity index (χ4v) is 2.53. The number of carbonyl (C=O) groups is 1. The molecular weight excluding hydrogens is 257 g/mol. The van der Waals surface area contributed by atoms with Gasteiger partial charge in [-0.1, -0.05) is 12.8 Å². The van der Waals surface area contributed by atoms with Crippen molar-refractivity contribution in [3.05, 3.63) is 29.6 Å². The smallest absolute Gasteiger partial charge is 0.255 e. The van der Waals surface area contributed by atoms with Gasteiger partial charge in [-0.05, 0) is 31.0 Å². The normalized spacial score (nSPS) is 23.7. The molecule has 2 unspecified atom stereocenters. The Hall–Kier alpha value is -1.29. The molecule has 1 aromatic carbocycles. The Morgan fingerprint density at radius 2 is 2.11 bits per heavy atom. The lowest BCUT2D eigenvalue weighted by Crippen LogP contribution is -2.42. The quantitative estimate of drug-likeness (QED) is 0.813. The predicted molar refractivity (Wildman–Crippen MR) is 67.4 cm³/mol. The van der Waals surface area contributed by atoms with Crippen molar-refractivity contribution in [3.63, 3.8) is 0 Å². The van der Waals surface area contributed by atoms with Crippen LogP contribution in [0.3, 0.4) is 0 Å². The second-order valence-corrected chi connectivity index (χ2v) is 5.10. The Kier molecular flexibility index (Phi) is 4.07. The lowest BCUT2D eigenvalue weighted by molar-refractivity contribution is 0.0925. The maximum Gasteiger partial charge on any atom is 0.255 e. The Morgan fingerprint density at radius 1 is 1.39 bits per heavy atom. The number of phenols is 1. The third-order valence-corrected chi connectivity index (χ3v) is 3.72. The number of hydrogen-bond donors (Lipinski definition) is 2. The van der Waals surface area contributed by atoms with Crippen molar-refractivity contribution >= 4 is 17.5 Å². The first kappa shape index (κ1) is 13.1. The van der Waals surface area contributed by atoms with E-state index in [4.69, 9.17) is 11.6 Å². The molecule has 1 aromatic rings. The zero-order chi connectivity index (χ0) is 13.1. The molecule has 0 spiro atoms. The van der Waals surface area contributed by atoms with Gasteiger partial charge in [0.1, 0.15) is 11.6 Å². The van der Waals surface area contributed by atoms with Gasteiger partial charge in [0.05, 0.1) is 10.9 Å². The molecule has 1 saturated carbocycles. The van der Waals surface area contributed by atoms with Crippen LogP contribution in [-0.4, -0.2) is 22.4 Å². The van der Waals surface area contributed by atoms with Gasteiger partial charge < -0.3 is 10.4 Å². The van der Waals surface area contributed by atoms with Crippen LogP contribution in [0.2, 0.25) is 0 Å². The van der Waals surface area contributed by atoms with E-state index in [9.17, 15) is 14.3 Å². The Balaban J connectivity index is 2.09. The number of nitrogens with one attached hydrogen (secondary N) is 1. The molecule has 2 rings (SSSR count). The summed E-state index contributed by atoms with van der Waals surface area (Å²) in [6, 6.07) is 3.19. The molecule has 0 saturated heterocycles. The van der Waals surface area contributed by atoms with Gasteiger partial charge in [0.15, 0.2) is 0 Å². The highest BCUT2D eigenvalue weighted by Crippen LogP contribution is 2.24. The van der Waals surface area contributed by atoms with Gasteiger partial charge in [0, 0.05) is 6.04 Å². The first-order valence-electron chi connectivity index (χ1n) is 6.01. The van der Waals surface area contributed by atoms with Crippen molar-refractivity contribution in [1.82, 2.24) is 5.32 Å². The van der Waals surface area contributed by atoms with Crippen LogP contribution in [0.4, 0.5) is 4.39 Å². The summed E-state index contributed by atoms with van der Waals surface area (Å²) in [6.07, 6.45) is 3.76. The van der Waals surface area contributed by atoms with E-state index in [2.05, 4.69) is 5.32 Å². The molecule has 1 fully saturated rings. The molecule has 0 radical (unpaired) electrons. The SMILES string of the molecule is O=C(NC1CCCCC1Cl)c1cc(F)ccc1O. The van der Waals surface area contributed by atoms with Crippen molar-refractivity contribution in [2.24, 2.45) is 0 Å². The summed E-state index contributed by atoms with van der Waals surface area (Å²) in [5.74, 6) is -1.26. The molecule has 98 valence electrons. The van der Waals surface area contributed by atoms with Gasteiger partial charge in [-0.3, -0.25) is 4.79 Å². The molecule has 0 bridgehead atoms. The molecule has 5 heteroatoms. The molecule has 3 nitrogen and oxygen atoms in total. The summed E-state index contributed by atoms with van der Waals surface area (Å²) in [5, 5.41) is 12.2. The minimum Gasteiger partial charge on any atom is -0.507 e. The average molecular weight is 272 g/mol. The van der Waals surface area contributed by atoms with E-state index in [1.54, 1.807) is 0 Å². The van der Waals surface area contributed by atoms with E-state index in [0.717, 1.165) is 37.8 Å². The third-order valence-electron chi connectivity index (χ3n) is 3.20. The number of hydrogen-bond acceptors (Lipinski definition) is 2. The predicted octanol–water partition coefficient (Wildman–Crippen LogP) is 2.81. The van der Waals surface area contributed by atoms with Crippen molar-refractivity contribution in [1.29, 1.82) is 0 Å². The zero-order valence-corrected chi connectivity index (χ0v) is 10.6. The molecule has 2 N–H and O–H groups in total. The maximum atomic E-state index is 13.0. The van der Waals surface area contributed by atoms with Crippen LogP contribution in [0.1, 0.15) is 36.0 Å². The van der Waals surface area contributed by atoms with Gasteiger partial charge in [-0.15, -0.1) is 11.6 Å². The molecule has 1 aliphatic carbocycles. The van der Waals surface area contributed by atoms with Crippen LogP contribution in [0.25, 0.3) is 0 Å².